The summed E-state index contributed by atoms with van der Waals surface area (Å²) in [5, 5.41) is 20.2. The first-order chi connectivity index (χ1) is 13.3. The number of carbonyl (C=O) groups is 2. The number of Topliss-reactive ketones (excluding diaryl/α,β-unsaturated/α-hetero) is 1. The lowest BCUT2D eigenvalue weighted by molar-refractivity contribution is -0.147. The van der Waals surface area contributed by atoms with Gasteiger partial charge in [0.05, 0.1) is 12.9 Å². The van der Waals surface area contributed by atoms with Crippen molar-refractivity contribution in [3.63, 3.8) is 0 Å². The quantitative estimate of drug-likeness (QED) is 0.748. The maximum absolute atomic E-state index is 13.1. The number of aliphatic hydroxyl groups is 1. The van der Waals surface area contributed by atoms with Crippen molar-refractivity contribution in [3.8, 4) is 11.5 Å². The molecule has 150 valence electrons. The molecule has 7 nitrogen and oxygen atoms in total. The van der Waals surface area contributed by atoms with E-state index in [4.69, 9.17) is 14.2 Å². The minimum atomic E-state index is -1.74. The Morgan fingerprint density at radius 2 is 2.14 bits per heavy atom. The van der Waals surface area contributed by atoms with Gasteiger partial charge in [-0.3, -0.25) is 4.79 Å². The van der Waals surface area contributed by atoms with Gasteiger partial charge in [-0.25, -0.2) is 4.79 Å². The average Bonchev–Trinajstić information content (AvgIpc) is 2.66. The minimum Gasteiger partial charge on any atom is -0.508 e. The van der Waals surface area contributed by atoms with Crippen LogP contribution in [0.25, 0.3) is 0 Å². The summed E-state index contributed by atoms with van der Waals surface area (Å²) in [6, 6.07) is 3.93. The van der Waals surface area contributed by atoms with E-state index in [9.17, 15) is 19.8 Å². The lowest BCUT2D eigenvalue weighted by Crippen LogP contribution is -2.54. The van der Waals surface area contributed by atoms with Crippen LogP contribution in [0.15, 0.2) is 41.2 Å². The Hall–Kier alpha value is -2.80. The molecule has 2 N–H and O–H groups in total. The Morgan fingerprint density at radius 1 is 1.39 bits per heavy atom. The number of methoxy groups -OCH3 is 1. The summed E-state index contributed by atoms with van der Waals surface area (Å²) < 4.78 is 16.2. The molecular formula is C21H24O7. The molecule has 0 amide bonds. The molecule has 2 atom stereocenters. The maximum Gasteiger partial charge on any atom is 0.343 e. The number of phenolic OH excluding ortho intramolecular Hbond substituents is 1. The number of allylic oxidation sites excluding steroid dienone is 2. The third-order valence-electron chi connectivity index (χ3n) is 5.10. The summed E-state index contributed by atoms with van der Waals surface area (Å²) in [6.45, 7) is 3.53. The van der Waals surface area contributed by atoms with Crippen LogP contribution in [0.1, 0.15) is 43.5 Å². The van der Waals surface area contributed by atoms with Gasteiger partial charge in [-0.1, -0.05) is 6.92 Å². The summed E-state index contributed by atoms with van der Waals surface area (Å²) in [5.74, 6) is -0.471. The third kappa shape index (κ3) is 3.49. The number of aromatic hydroxyl groups is 1. The van der Waals surface area contributed by atoms with Gasteiger partial charge < -0.3 is 24.4 Å². The largest absolute Gasteiger partial charge is 0.508 e. The zero-order valence-electron chi connectivity index (χ0n) is 16.2. The monoisotopic (exact) mass is 388 g/mol. The summed E-state index contributed by atoms with van der Waals surface area (Å²) >= 11 is 0. The molecule has 1 aliphatic heterocycles. The number of rotatable bonds is 5. The van der Waals surface area contributed by atoms with Gasteiger partial charge in [0.25, 0.3) is 0 Å². The van der Waals surface area contributed by atoms with Gasteiger partial charge in [0.2, 0.25) is 5.78 Å². The molecule has 1 aliphatic carbocycles. The van der Waals surface area contributed by atoms with Crippen LogP contribution in [0.3, 0.4) is 0 Å². The zero-order chi connectivity index (χ0) is 20.5. The van der Waals surface area contributed by atoms with Crippen LogP contribution in [0.4, 0.5) is 0 Å². The SMILES string of the molecule is CCCC1=CC2=C(CO1)C(=O)C(C)(OC(=O)c1ccc(O)cc1OC)C(O)C2. The number of esters is 1. The molecule has 2 aliphatic rings. The number of ketones is 1. The fourth-order valence-corrected chi connectivity index (χ4v) is 3.43. The van der Waals surface area contributed by atoms with Crippen molar-refractivity contribution in [1.29, 1.82) is 0 Å². The highest BCUT2D eigenvalue weighted by molar-refractivity contribution is 6.06. The number of carbonyl (C=O) groups excluding carboxylic acids is 2. The molecule has 1 aromatic rings. The van der Waals surface area contributed by atoms with E-state index in [2.05, 4.69) is 0 Å². The van der Waals surface area contributed by atoms with Gasteiger partial charge >= 0.3 is 5.97 Å². The van der Waals surface area contributed by atoms with Crippen LogP contribution in [-0.2, 0) is 14.3 Å². The molecule has 0 aromatic heterocycles. The highest BCUT2D eigenvalue weighted by Gasteiger charge is 2.50. The van der Waals surface area contributed by atoms with Crippen LogP contribution < -0.4 is 4.74 Å². The number of ether oxygens (including phenoxy) is 3. The smallest absolute Gasteiger partial charge is 0.343 e. The molecule has 0 saturated heterocycles. The molecule has 1 heterocycles. The van der Waals surface area contributed by atoms with E-state index in [0.29, 0.717) is 5.57 Å². The zero-order valence-corrected chi connectivity index (χ0v) is 16.2. The minimum absolute atomic E-state index is 0.0475. The summed E-state index contributed by atoms with van der Waals surface area (Å²) in [7, 11) is 1.35. The van der Waals surface area contributed by atoms with E-state index in [0.717, 1.165) is 24.2 Å². The van der Waals surface area contributed by atoms with E-state index in [-0.39, 0.29) is 30.1 Å². The number of aliphatic hydroxyl groups excluding tert-OH is 1. The molecule has 1 aromatic carbocycles. The van der Waals surface area contributed by atoms with Gasteiger partial charge in [0.15, 0.2) is 5.60 Å². The van der Waals surface area contributed by atoms with Crippen LogP contribution in [0.2, 0.25) is 0 Å². The van der Waals surface area contributed by atoms with Crippen LogP contribution in [0.5, 0.6) is 11.5 Å². The second-order valence-electron chi connectivity index (χ2n) is 7.08. The fraction of sp³-hybridized carbons (Fsp3) is 0.429. The predicted molar refractivity (Wildman–Crippen MR) is 100 cm³/mol. The first-order valence-corrected chi connectivity index (χ1v) is 9.18. The third-order valence-corrected chi connectivity index (χ3v) is 5.10. The molecule has 7 heteroatoms. The lowest BCUT2D eigenvalue weighted by Gasteiger charge is -2.39. The average molecular weight is 388 g/mol. The summed E-state index contributed by atoms with van der Waals surface area (Å²) in [5.41, 5.74) is -0.550. The topological polar surface area (TPSA) is 102 Å². The number of phenols is 1. The molecule has 3 rings (SSSR count). The first kappa shape index (κ1) is 19.9. The van der Waals surface area contributed by atoms with Gasteiger partial charge in [0.1, 0.15) is 29.8 Å². The van der Waals surface area contributed by atoms with Crippen molar-refractivity contribution < 1.29 is 34.0 Å². The molecule has 0 radical (unpaired) electrons. The van der Waals surface area contributed by atoms with Gasteiger partial charge in [0, 0.05) is 24.5 Å². The van der Waals surface area contributed by atoms with Crippen molar-refractivity contribution in [1.82, 2.24) is 0 Å². The Kier molecular flexibility index (Phi) is 5.47. The normalized spacial score (nSPS) is 24.2. The summed E-state index contributed by atoms with van der Waals surface area (Å²) in [4.78, 5) is 25.7. The van der Waals surface area contributed by atoms with Crippen molar-refractivity contribution in [3.05, 3.63) is 46.7 Å². The van der Waals surface area contributed by atoms with Crippen molar-refractivity contribution in [2.24, 2.45) is 0 Å². The second kappa shape index (κ2) is 7.67. The standard InChI is InChI=1S/C21H24O7/c1-4-5-14-8-12-9-18(23)21(2,19(24)16(12)11-27-14)28-20(25)15-7-6-13(22)10-17(15)26-3/h6-8,10,18,22-23H,4-5,9,11H2,1-3H3. The maximum atomic E-state index is 13.1. The molecule has 0 spiro atoms. The van der Waals surface area contributed by atoms with Gasteiger partial charge in [-0.2, -0.15) is 0 Å². The Bertz CT molecular complexity index is 868. The predicted octanol–water partition coefficient (Wildman–Crippen LogP) is 2.66. The molecule has 0 fully saturated rings. The van der Waals surface area contributed by atoms with E-state index < -0.39 is 23.5 Å². The van der Waals surface area contributed by atoms with Crippen molar-refractivity contribution >= 4 is 11.8 Å². The molecule has 28 heavy (non-hydrogen) atoms. The molecular weight excluding hydrogens is 364 g/mol. The van der Waals surface area contributed by atoms with E-state index in [1.165, 1.54) is 32.2 Å². The van der Waals surface area contributed by atoms with Crippen LogP contribution in [-0.4, -0.2) is 47.4 Å². The Balaban J connectivity index is 1.89. The highest BCUT2D eigenvalue weighted by Crippen LogP contribution is 2.38. The summed E-state index contributed by atoms with van der Waals surface area (Å²) in [6.07, 6.45) is 2.47. The van der Waals surface area contributed by atoms with Gasteiger partial charge in [-0.15, -0.1) is 0 Å². The molecule has 2 unspecified atom stereocenters. The number of hydrogen-bond acceptors (Lipinski definition) is 7. The Morgan fingerprint density at radius 3 is 2.82 bits per heavy atom. The van der Waals surface area contributed by atoms with Crippen LogP contribution >= 0.6 is 0 Å². The number of hydrogen-bond donors (Lipinski definition) is 2. The molecule has 0 saturated carbocycles. The van der Waals surface area contributed by atoms with E-state index in [1.54, 1.807) is 6.08 Å². The lowest BCUT2D eigenvalue weighted by atomic mass is 9.77. The van der Waals surface area contributed by atoms with E-state index >= 15 is 0 Å². The van der Waals surface area contributed by atoms with Gasteiger partial charge in [-0.05, 0) is 37.1 Å². The second-order valence-corrected chi connectivity index (χ2v) is 7.08. The Labute approximate surface area is 163 Å². The highest BCUT2D eigenvalue weighted by atomic mass is 16.6. The number of benzene rings is 1. The van der Waals surface area contributed by atoms with E-state index in [1.807, 2.05) is 6.92 Å². The first-order valence-electron chi connectivity index (χ1n) is 9.18. The fourth-order valence-electron chi connectivity index (χ4n) is 3.43. The van der Waals surface area contributed by atoms with Crippen molar-refractivity contribution in [2.45, 2.75) is 44.8 Å². The van der Waals surface area contributed by atoms with Crippen LogP contribution in [0, 0.1) is 0 Å². The van der Waals surface area contributed by atoms with Crippen molar-refractivity contribution in [2.75, 3.05) is 13.7 Å². The molecule has 0 bridgehead atoms.